The summed E-state index contributed by atoms with van der Waals surface area (Å²) in [6.45, 7) is 1.14. The fraction of sp³-hybridized carbons (Fsp3) is 1.00. The summed E-state index contributed by atoms with van der Waals surface area (Å²) in [4.78, 5) is 0. The summed E-state index contributed by atoms with van der Waals surface area (Å²) in [6.07, 6.45) is 4.16. The zero-order chi connectivity index (χ0) is 12.9. The molecule has 0 radical (unpaired) electrons. The van der Waals surface area contributed by atoms with Crippen molar-refractivity contribution < 1.29 is 16.8 Å². The van der Waals surface area contributed by atoms with Crippen molar-refractivity contribution in [1.82, 2.24) is 10.0 Å². The van der Waals surface area contributed by atoms with Crippen molar-refractivity contribution in [2.75, 3.05) is 30.9 Å². The van der Waals surface area contributed by atoms with Crippen LogP contribution in [0.5, 0.6) is 0 Å². The van der Waals surface area contributed by atoms with Crippen LogP contribution in [0.25, 0.3) is 0 Å². The molecular weight excluding hydrogens is 264 g/mol. The second kappa shape index (κ2) is 6.12. The van der Waals surface area contributed by atoms with E-state index in [4.69, 9.17) is 0 Å². The van der Waals surface area contributed by atoms with Crippen molar-refractivity contribution in [2.24, 2.45) is 0 Å². The Morgan fingerprint density at radius 3 is 2.24 bits per heavy atom. The fourth-order valence-electron chi connectivity index (χ4n) is 1.24. The highest BCUT2D eigenvalue weighted by Gasteiger charge is 2.19. The molecule has 102 valence electrons. The molecule has 0 aromatic rings. The van der Waals surface area contributed by atoms with Gasteiger partial charge < -0.3 is 5.32 Å². The number of sulfone groups is 1. The maximum absolute atomic E-state index is 11.4. The Morgan fingerprint density at radius 2 is 1.71 bits per heavy atom. The van der Waals surface area contributed by atoms with Gasteiger partial charge in [0.05, 0.1) is 11.5 Å². The topological polar surface area (TPSA) is 92.3 Å². The van der Waals surface area contributed by atoms with Gasteiger partial charge in [0.25, 0.3) is 0 Å². The standard InChI is InChI=1S/C9H20N2O4S2/c1-16(12,13)7-8-17(14,15)11-6-2-5-10-9-3-4-9/h9-11H,2-8H2,1H3. The Morgan fingerprint density at radius 1 is 1.06 bits per heavy atom. The van der Waals surface area contributed by atoms with Crippen LogP contribution in [0.4, 0.5) is 0 Å². The Hall–Kier alpha value is -0.180. The van der Waals surface area contributed by atoms with Gasteiger partial charge in [0.15, 0.2) is 0 Å². The van der Waals surface area contributed by atoms with Crippen LogP contribution >= 0.6 is 0 Å². The normalized spacial score (nSPS) is 17.2. The largest absolute Gasteiger partial charge is 0.314 e. The molecule has 2 N–H and O–H groups in total. The van der Waals surface area contributed by atoms with Crippen molar-refractivity contribution >= 4 is 19.9 Å². The molecule has 0 atom stereocenters. The highest BCUT2D eigenvalue weighted by atomic mass is 32.2. The average Bonchev–Trinajstić information content (AvgIpc) is 2.97. The van der Waals surface area contributed by atoms with Gasteiger partial charge in [-0.2, -0.15) is 0 Å². The van der Waals surface area contributed by atoms with Gasteiger partial charge in [0.2, 0.25) is 10.0 Å². The Kier molecular flexibility index (Phi) is 5.36. The summed E-state index contributed by atoms with van der Waals surface area (Å²) < 4.78 is 46.8. The van der Waals surface area contributed by atoms with E-state index in [9.17, 15) is 16.8 Å². The second-order valence-corrected chi connectivity index (χ2v) is 8.61. The van der Waals surface area contributed by atoms with Gasteiger partial charge in [0, 0.05) is 18.8 Å². The molecule has 6 nitrogen and oxygen atoms in total. The second-order valence-electron chi connectivity index (χ2n) is 4.43. The number of hydrogen-bond donors (Lipinski definition) is 2. The molecule has 1 rings (SSSR count). The molecular formula is C9H20N2O4S2. The van der Waals surface area contributed by atoms with E-state index < -0.39 is 19.9 Å². The van der Waals surface area contributed by atoms with Crippen molar-refractivity contribution in [3.8, 4) is 0 Å². The minimum atomic E-state index is -3.46. The Bertz CT molecular complexity index is 426. The minimum Gasteiger partial charge on any atom is -0.314 e. The van der Waals surface area contributed by atoms with Gasteiger partial charge in [-0.15, -0.1) is 0 Å². The van der Waals surface area contributed by atoms with E-state index in [1.807, 2.05) is 0 Å². The van der Waals surface area contributed by atoms with Crippen LogP contribution in [0.15, 0.2) is 0 Å². The van der Waals surface area contributed by atoms with Gasteiger partial charge >= 0.3 is 0 Å². The highest BCUT2D eigenvalue weighted by molar-refractivity contribution is 7.93. The molecule has 0 heterocycles. The molecule has 0 saturated heterocycles. The first-order valence-electron chi connectivity index (χ1n) is 5.67. The lowest BCUT2D eigenvalue weighted by atomic mass is 10.4. The maximum atomic E-state index is 11.4. The third-order valence-electron chi connectivity index (χ3n) is 2.41. The smallest absolute Gasteiger partial charge is 0.212 e. The predicted molar refractivity (Wildman–Crippen MR) is 67.1 cm³/mol. The third-order valence-corrected chi connectivity index (χ3v) is 5.00. The molecule has 1 aliphatic rings. The SMILES string of the molecule is CS(=O)(=O)CCS(=O)(=O)NCCCNC1CC1. The molecule has 0 unspecified atom stereocenters. The van der Waals surface area contributed by atoms with Crippen LogP contribution in [-0.2, 0) is 19.9 Å². The average molecular weight is 284 g/mol. The Balaban J connectivity index is 2.10. The molecule has 0 aromatic heterocycles. The van der Waals surface area contributed by atoms with Crippen LogP contribution in [0.2, 0.25) is 0 Å². The van der Waals surface area contributed by atoms with E-state index >= 15 is 0 Å². The molecule has 8 heteroatoms. The van der Waals surface area contributed by atoms with E-state index in [2.05, 4.69) is 10.0 Å². The van der Waals surface area contributed by atoms with Crippen LogP contribution in [0, 0.1) is 0 Å². The molecule has 17 heavy (non-hydrogen) atoms. The lowest BCUT2D eigenvalue weighted by Crippen LogP contribution is -2.32. The quantitative estimate of drug-likeness (QED) is 0.535. The summed E-state index contributed by atoms with van der Waals surface area (Å²) in [6, 6.07) is 0.622. The maximum Gasteiger partial charge on any atom is 0.212 e. The van der Waals surface area contributed by atoms with E-state index in [-0.39, 0.29) is 11.5 Å². The minimum absolute atomic E-state index is 0.331. The predicted octanol–water partition coefficient (Wildman–Crippen LogP) is -0.907. The third kappa shape index (κ3) is 8.53. The zero-order valence-corrected chi connectivity index (χ0v) is 11.6. The molecule has 1 fully saturated rings. The summed E-state index contributed by atoms with van der Waals surface area (Å²) in [5.74, 6) is -0.690. The van der Waals surface area contributed by atoms with Crippen molar-refractivity contribution in [3.05, 3.63) is 0 Å². The highest BCUT2D eigenvalue weighted by Crippen LogP contribution is 2.18. The number of sulfonamides is 1. The molecule has 0 spiro atoms. The monoisotopic (exact) mass is 284 g/mol. The van der Waals surface area contributed by atoms with Crippen LogP contribution < -0.4 is 10.0 Å². The molecule has 1 saturated carbocycles. The van der Waals surface area contributed by atoms with Gasteiger partial charge in [-0.25, -0.2) is 21.6 Å². The first kappa shape index (κ1) is 14.9. The van der Waals surface area contributed by atoms with Gasteiger partial charge in [0.1, 0.15) is 9.84 Å². The molecule has 0 amide bonds. The molecule has 0 aromatic carbocycles. The van der Waals surface area contributed by atoms with Crippen LogP contribution in [-0.4, -0.2) is 53.7 Å². The first-order valence-corrected chi connectivity index (χ1v) is 9.38. The summed E-state index contributed by atoms with van der Waals surface area (Å²) in [7, 11) is -6.68. The van der Waals surface area contributed by atoms with E-state index in [1.54, 1.807) is 0 Å². The number of nitrogens with one attached hydrogen (secondary N) is 2. The van der Waals surface area contributed by atoms with E-state index in [0.717, 1.165) is 12.8 Å². The fourth-order valence-corrected chi connectivity index (χ4v) is 3.93. The lowest BCUT2D eigenvalue weighted by Gasteiger charge is -2.06. The summed E-state index contributed by atoms with van der Waals surface area (Å²) >= 11 is 0. The summed E-state index contributed by atoms with van der Waals surface area (Å²) in [5, 5.41) is 3.27. The number of hydrogen-bond acceptors (Lipinski definition) is 5. The van der Waals surface area contributed by atoms with Crippen molar-refractivity contribution in [2.45, 2.75) is 25.3 Å². The Labute approximate surface area is 103 Å². The van der Waals surface area contributed by atoms with Crippen molar-refractivity contribution in [3.63, 3.8) is 0 Å². The molecule has 0 bridgehead atoms. The number of rotatable bonds is 9. The van der Waals surface area contributed by atoms with E-state index in [0.29, 0.717) is 19.0 Å². The van der Waals surface area contributed by atoms with E-state index in [1.165, 1.54) is 12.8 Å². The first-order chi connectivity index (χ1) is 7.79. The van der Waals surface area contributed by atoms with Crippen molar-refractivity contribution in [1.29, 1.82) is 0 Å². The summed E-state index contributed by atoms with van der Waals surface area (Å²) in [5.41, 5.74) is 0. The zero-order valence-electron chi connectivity index (χ0n) is 9.98. The van der Waals surface area contributed by atoms with Gasteiger partial charge in [-0.1, -0.05) is 0 Å². The van der Waals surface area contributed by atoms with Gasteiger partial charge in [-0.3, -0.25) is 0 Å². The van der Waals surface area contributed by atoms with Crippen LogP contribution in [0.3, 0.4) is 0 Å². The van der Waals surface area contributed by atoms with Gasteiger partial charge in [-0.05, 0) is 25.8 Å². The van der Waals surface area contributed by atoms with Crippen LogP contribution in [0.1, 0.15) is 19.3 Å². The lowest BCUT2D eigenvalue weighted by molar-refractivity contribution is 0.572. The molecule has 0 aliphatic heterocycles. The molecule has 1 aliphatic carbocycles.